The van der Waals surface area contributed by atoms with E-state index in [9.17, 15) is 0 Å². The molecule has 4 heteroatoms. The fourth-order valence-corrected chi connectivity index (χ4v) is 2.36. The largest absolute Gasteiger partial charge is 0.337 e. The summed E-state index contributed by atoms with van der Waals surface area (Å²) in [6.45, 7) is 3.26. The van der Waals surface area contributed by atoms with Crippen LogP contribution in [0.5, 0.6) is 0 Å². The lowest BCUT2D eigenvalue weighted by Crippen LogP contribution is -2.01. The number of aryl methyl sites for hydroxylation is 1. The van der Waals surface area contributed by atoms with E-state index in [2.05, 4.69) is 16.5 Å². The van der Waals surface area contributed by atoms with Gasteiger partial charge in [-0.05, 0) is 23.8 Å². The van der Waals surface area contributed by atoms with Gasteiger partial charge in [-0.1, -0.05) is 6.92 Å². The van der Waals surface area contributed by atoms with E-state index in [1.165, 1.54) is 17.9 Å². The van der Waals surface area contributed by atoms with Crippen LogP contribution >= 0.6 is 23.4 Å². The highest BCUT2D eigenvalue weighted by atomic mass is 35.5. The number of nitrogens with zero attached hydrogens (tertiary/aromatic N) is 2. The van der Waals surface area contributed by atoms with Gasteiger partial charge in [-0.2, -0.15) is 11.8 Å². The fourth-order valence-electron chi connectivity index (χ4n) is 1.10. The molecular weight excluding hydrogens is 216 g/mol. The number of alkyl halides is 1. The van der Waals surface area contributed by atoms with E-state index in [4.69, 9.17) is 11.6 Å². The molecule has 14 heavy (non-hydrogen) atoms. The fraction of sp³-hybridized carbons (Fsp3) is 0.700. The molecule has 0 amide bonds. The summed E-state index contributed by atoms with van der Waals surface area (Å²) in [6.07, 6.45) is 6.90. The van der Waals surface area contributed by atoms with Gasteiger partial charge in [0, 0.05) is 24.8 Å². The Bertz CT molecular complexity index is 226. The van der Waals surface area contributed by atoms with E-state index < -0.39 is 0 Å². The highest BCUT2D eigenvalue weighted by molar-refractivity contribution is 7.99. The summed E-state index contributed by atoms with van der Waals surface area (Å²) in [5.74, 6) is 3.79. The Kier molecular flexibility index (Phi) is 6.12. The minimum Gasteiger partial charge on any atom is -0.337 e. The molecule has 0 radical (unpaired) electrons. The maximum Gasteiger partial charge on any atom is 0.0945 e. The minimum atomic E-state index is 0.634. The van der Waals surface area contributed by atoms with Crippen LogP contribution in [0.3, 0.4) is 0 Å². The van der Waals surface area contributed by atoms with Crippen LogP contribution in [0.15, 0.2) is 18.7 Å². The molecule has 0 fully saturated rings. The van der Waals surface area contributed by atoms with Gasteiger partial charge < -0.3 is 4.57 Å². The van der Waals surface area contributed by atoms with Gasteiger partial charge in [0.15, 0.2) is 0 Å². The van der Waals surface area contributed by atoms with E-state index in [1.807, 2.05) is 30.5 Å². The molecule has 1 aromatic rings. The van der Waals surface area contributed by atoms with E-state index >= 15 is 0 Å². The summed E-state index contributed by atoms with van der Waals surface area (Å²) in [7, 11) is 0. The summed E-state index contributed by atoms with van der Waals surface area (Å²) in [5.41, 5.74) is 0. The molecule has 1 unspecified atom stereocenters. The zero-order valence-corrected chi connectivity index (χ0v) is 10.1. The predicted octanol–water partition coefficient (Wildman–Crippen LogP) is 2.88. The van der Waals surface area contributed by atoms with Gasteiger partial charge in [0.25, 0.3) is 0 Å². The Morgan fingerprint density at radius 3 is 3.07 bits per heavy atom. The van der Waals surface area contributed by atoms with E-state index in [1.54, 1.807) is 0 Å². The molecule has 0 aromatic carbocycles. The number of rotatable bonds is 7. The SMILES string of the molecule is CC(CCl)CSCCCn1ccnc1. The van der Waals surface area contributed by atoms with Crippen molar-refractivity contribution >= 4 is 23.4 Å². The Morgan fingerprint density at radius 1 is 1.57 bits per heavy atom. The molecule has 1 atom stereocenters. The van der Waals surface area contributed by atoms with Crippen molar-refractivity contribution in [3.8, 4) is 0 Å². The molecule has 0 N–H and O–H groups in total. The number of hydrogen-bond acceptors (Lipinski definition) is 2. The van der Waals surface area contributed by atoms with Crippen LogP contribution in [-0.4, -0.2) is 26.9 Å². The Balaban J connectivity index is 1.95. The second kappa shape index (κ2) is 7.18. The van der Waals surface area contributed by atoms with E-state index in [-0.39, 0.29) is 0 Å². The van der Waals surface area contributed by atoms with Crippen LogP contribution in [0.4, 0.5) is 0 Å². The smallest absolute Gasteiger partial charge is 0.0945 e. The predicted molar refractivity (Wildman–Crippen MR) is 64.1 cm³/mol. The Hall–Kier alpha value is -0.150. The maximum absolute atomic E-state index is 5.72. The molecule has 0 spiro atoms. The van der Waals surface area contributed by atoms with Gasteiger partial charge in [0.2, 0.25) is 0 Å². The maximum atomic E-state index is 5.72. The van der Waals surface area contributed by atoms with Crippen molar-refractivity contribution in [2.75, 3.05) is 17.4 Å². The average Bonchev–Trinajstić information content (AvgIpc) is 2.69. The van der Waals surface area contributed by atoms with Gasteiger partial charge in [-0.15, -0.1) is 11.6 Å². The number of thioether (sulfide) groups is 1. The molecule has 1 heterocycles. The number of halogens is 1. The monoisotopic (exact) mass is 232 g/mol. The summed E-state index contributed by atoms with van der Waals surface area (Å²) in [6, 6.07) is 0. The van der Waals surface area contributed by atoms with Gasteiger partial charge >= 0.3 is 0 Å². The van der Waals surface area contributed by atoms with Crippen LogP contribution in [0.2, 0.25) is 0 Å². The number of hydrogen-bond donors (Lipinski definition) is 0. The standard InChI is InChI=1S/C10H17ClN2S/c1-10(7-11)8-14-6-2-4-13-5-3-12-9-13/h3,5,9-10H,2,4,6-8H2,1H3. The first kappa shape index (κ1) is 11.9. The molecule has 0 aliphatic rings. The molecule has 2 nitrogen and oxygen atoms in total. The zero-order chi connectivity index (χ0) is 10.2. The molecular formula is C10H17ClN2S. The third-order valence-corrected chi connectivity index (χ3v) is 3.84. The first-order valence-corrected chi connectivity index (χ1v) is 6.61. The Morgan fingerprint density at radius 2 is 2.43 bits per heavy atom. The summed E-state index contributed by atoms with van der Waals surface area (Å²) in [4.78, 5) is 4.00. The van der Waals surface area contributed by atoms with Crippen molar-refractivity contribution in [3.05, 3.63) is 18.7 Å². The first-order valence-electron chi connectivity index (χ1n) is 4.92. The van der Waals surface area contributed by atoms with Gasteiger partial charge in [0.1, 0.15) is 0 Å². The van der Waals surface area contributed by atoms with Crippen molar-refractivity contribution in [2.24, 2.45) is 5.92 Å². The zero-order valence-electron chi connectivity index (χ0n) is 8.53. The van der Waals surface area contributed by atoms with Gasteiger partial charge in [-0.3, -0.25) is 0 Å². The first-order chi connectivity index (χ1) is 6.83. The molecule has 1 rings (SSSR count). The van der Waals surface area contributed by atoms with Crippen LogP contribution in [0, 0.1) is 5.92 Å². The molecule has 80 valence electrons. The quantitative estimate of drug-likeness (QED) is 0.532. The molecule has 0 saturated heterocycles. The van der Waals surface area contributed by atoms with Crippen LogP contribution in [-0.2, 0) is 6.54 Å². The topological polar surface area (TPSA) is 17.8 Å². The van der Waals surface area contributed by atoms with Crippen LogP contribution in [0.1, 0.15) is 13.3 Å². The summed E-state index contributed by atoms with van der Waals surface area (Å²) in [5, 5.41) is 0. The van der Waals surface area contributed by atoms with E-state index in [0.29, 0.717) is 5.92 Å². The third kappa shape index (κ3) is 4.91. The van der Waals surface area contributed by atoms with Gasteiger partial charge in [-0.25, -0.2) is 4.98 Å². The van der Waals surface area contributed by atoms with Crippen LogP contribution < -0.4 is 0 Å². The minimum absolute atomic E-state index is 0.634. The average molecular weight is 233 g/mol. The lowest BCUT2D eigenvalue weighted by atomic mass is 10.3. The van der Waals surface area contributed by atoms with Crippen molar-refractivity contribution in [1.29, 1.82) is 0 Å². The third-order valence-electron chi connectivity index (χ3n) is 1.93. The van der Waals surface area contributed by atoms with Crippen molar-refractivity contribution in [3.63, 3.8) is 0 Å². The van der Waals surface area contributed by atoms with Crippen molar-refractivity contribution in [2.45, 2.75) is 19.9 Å². The van der Waals surface area contributed by atoms with Crippen molar-refractivity contribution in [1.82, 2.24) is 9.55 Å². The Labute approximate surface area is 95.1 Å². The second-order valence-electron chi connectivity index (χ2n) is 3.49. The summed E-state index contributed by atoms with van der Waals surface area (Å²) >= 11 is 7.71. The van der Waals surface area contributed by atoms with Crippen LogP contribution in [0.25, 0.3) is 0 Å². The van der Waals surface area contributed by atoms with E-state index in [0.717, 1.165) is 12.4 Å². The summed E-state index contributed by atoms with van der Waals surface area (Å²) < 4.78 is 2.12. The molecule has 0 aliphatic carbocycles. The molecule has 0 bridgehead atoms. The van der Waals surface area contributed by atoms with Gasteiger partial charge in [0.05, 0.1) is 6.33 Å². The normalized spacial score (nSPS) is 13.0. The number of imidazole rings is 1. The molecule has 0 aliphatic heterocycles. The lowest BCUT2D eigenvalue weighted by molar-refractivity contribution is 0.682. The molecule has 0 saturated carbocycles. The highest BCUT2D eigenvalue weighted by Gasteiger charge is 1.99. The number of aromatic nitrogens is 2. The lowest BCUT2D eigenvalue weighted by Gasteiger charge is -2.06. The second-order valence-corrected chi connectivity index (χ2v) is 4.95. The highest BCUT2D eigenvalue weighted by Crippen LogP contribution is 2.11. The molecule has 1 aromatic heterocycles. The van der Waals surface area contributed by atoms with Crippen molar-refractivity contribution < 1.29 is 0 Å².